The van der Waals surface area contributed by atoms with Crippen LogP contribution in [0, 0.1) is 5.41 Å². The predicted molar refractivity (Wildman–Crippen MR) is 67.7 cm³/mol. The zero-order valence-electron chi connectivity index (χ0n) is 11.9. The molecule has 0 amide bonds. The van der Waals surface area contributed by atoms with E-state index in [-0.39, 0.29) is 16.2 Å². The van der Waals surface area contributed by atoms with Gasteiger partial charge in [0.2, 0.25) is 0 Å². The maximum atomic E-state index is 5.46. The van der Waals surface area contributed by atoms with Gasteiger partial charge >= 0.3 is 0 Å². The molecule has 1 aromatic rings. The highest BCUT2D eigenvalue weighted by Gasteiger charge is 2.38. The fourth-order valence-corrected chi connectivity index (χ4v) is 1.31. The molecule has 2 heteroatoms. The predicted octanol–water partition coefficient (Wildman–Crippen LogP) is 4.30. The van der Waals surface area contributed by atoms with E-state index in [0.717, 1.165) is 11.5 Å². The average Bonchev–Trinajstić information content (AvgIpc) is 2.47. The third-order valence-corrected chi connectivity index (χ3v) is 3.76. The third-order valence-electron chi connectivity index (χ3n) is 3.76. The van der Waals surface area contributed by atoms with Gasteiger partial charge in [-0.15, -0.1) is 0 Å². The molecule has 1 aromatic heterocycles. The van der Waals surface area contributed by atoms with Gasteiger partial charge in [-0.3, -0.25) is 0 Å². The molecule has 0 saturated carbocycles. The van der Waals surface area contributed by atoms with Crippen molar-refractivity contribution >= 4 is 0 Å². The molecule has 0 radical (unpaired) electrons. The molecule has 1 heterocycles. The van der Waals surface area contributed by atoms with Crippen LogP contribution in [0.3, 0.4) is 0 Å². The SMILES string of the molecule is CC(C)(C)c1cc(C(C)(C)C(C)(C)C)no1. The van der Waals surface area contributed by atoms with Crippen molar-refractivity contribution in [3.05, 3.63) is 17.5 Å². The maximum absolute atomic E-state index is 5.46. The second-order valence-electron chi connectivity index (χ2n) is 7.20. The lowest BCUT2D eigenvalue weighted by atomic mass is 9.67. The van der Waals surface area contributed by atoms with Gasteiger partial charge in [0, 0.05) is 16.9 Å². The molecule has 92 valence electrons. The first-order valence-corrected chi connectivity index (χ1v) is 5.94. The van der Waals surface area contributed by atoms with Gasteiger partial charge in [0.15, 0.2) is 0 Å². The fraction of sp³-hybridized carbons (Fsp3) is 0.786. The Morgan fingerprint density at radius 2 is 1.44 bits per heavy atom. The van der Waals surface area contributed by atoms with E-state index >= 15 is 0 Å². The van der Waals surface area contributed by atoms with Crippen molar-refractivity contribution in [3.8, 4) is 0 Å². The molecule has 0 bridgehead atoms. The number of aromatic nitrogens is 1. The Labute approximate surface area is 99.4 Å². The van der Waals surface area contributed by atoms with E-state index in [1.54, 1.807) is 0 Å². The van der Waals surface area contributed by atoms with Gasteiger partial charge in [0.05, 0.1) is 5.69 Å². The zero-order chi connectivity index (χ0) is 12.8. The van der Waals surface area contributed by atoms with Crippen LogP contribution in [0.1, 0.15) is 66.8 Å². The van der Waals surface area contributed by atoms with Gasteiger partial charge in [-0.05, 0) is 5.41 Å². The second kappa shape index (κ2) is 3.61. The molecule has 0 saturated heterocycles. The van der Waals surface area contributed by atoms with Crippen molar-refractivity contribution in [3.63, 3.8) is 0 Å². The Bertz CT molecular complexity index is 361. The number of rotatable bonds is 1. The van der Waals surface area contributed by atoms with Gasteiger partial charge in [-0.25, -0.2) is 0 Å². The van der Waals surface area contributed by atoms with Gasteiger partial charge in [0.25, 0.3) is 0 Å². The van der Waals surface area contributed by atoms with E-state index in [2.05, 4.69) is 66.6 Å². The topological polar surface area (TPSA) is 26.0 Å². The van der Waals surface area contributed by atoms with Crippen LogP contribution in [0.25, 0.3) is 0 Å². The summed E-state index contributed by atoms with van der Waals surface area (Å²) in [6.07, 6.45) is 0. The van der Waals surface area contributed by atoms with Crippen LogP contribution in [0.15, 0.2) is 10.6 Å². The summed E-state index contributed by atoms with van der Waals surface area (Å²) in [4.78, 5) is 0. The van der Waals surface area contributed by atoms with Crippen LogP contribution in [-0.2, 0) is 10.8 Å². The summed E-state index contributed by atoms with van der Waals surface area (Å²) in [5.74, 6) is 0.958. The Morgan fingerprint density at radius 1 is 0.938 bits per heavy atom. The summed E-state index contributed by atoms with van der Waals surface area (Å²) in [6.45, 7) is 17.6. The van der Waals surface area contributed by atoms with Crippen molar-refractivity contribution in [1.82, 2.24) is 5.16 Å². The number of hydrogen-bond acceptors (Lipinski definition) is 2. The molecule has 0 unspecified atom stereocenters. The molecule has 2 nitrogen and oxygen atoms in total. The second-order valence-corrected chi connectivity index (χ2v) is 7.20. The molecular formula is C14H25NO. The monoisotopic (exact) mass is 223 g/mol. The van der Waals surface area contributed by atoms with Crippen molar-refractivity contribution < 1.29 is 4.52 Å². The van der Waals surface area contributed by atoms with Gasteiger partial charge in [-0.2, -0.15) is 0 Å². The molecule has 0 aromatic carbocycles. The Balaban J connectivity index is 3.13. The van der Waals surface area contributed by atoms with Crippen LogP contribution >= 0.6 is 0 Å². The van der Waals surface area contributed by atoms with Crippen LogP contribution in [-0.4, -0.2) is 5.16 Å². The lowest BCUT2D eigenvalue weighted by molar-refractivity contribution is 0.209. The first-order valence-electron chi connectivity index (χ1n) is 5.94. The lowest BCUT2D eigenvalue weighted by Crippen LogP contribution is -2.34. The molecule has 0 N–H and O–H groups in total. The smallest absolute Gasteiger partial charge is 0.142 e. The van der Waals surface area contributed by atoms with Crippen molar-refractivity contribution in [2.24, 2.45) is 5.41 Å². The summed E-state index contributed by atoms with van der Waals surface area (Å²) in [7, 11) is 0. The largest absolute Gasteiger partial charge is 0.361 e. The molecule has 0 aliphatic heterocycles. The molecule has 0 spiro atoms. The molecule has 0 fully saturated rings. The maximum Gasteiger partial charge on any atom is 0.142 e. The summed E-state index contributed by atoms with van der Waals surface area (Å²) in [6, 6.07) is 2.10. The Hall–Kier alpha value is -0.790. The highest BCUT2D eigenvalue weighted by molar-refractivity contribution is 5.21. The van der Waals surface area contributed by atoms with E-state index in [9.17, 15) is 0 Å². The van der Waals surface area contributed by atoms with E-state index in [1.165, 1.54) is 0 Å². The van der Waals surface area contributed by atoms with Crippen molar-refractivity contribution in [2.75, 3.05) is 0 Å². The van der Waals surface area contributed by atoms with Gasteiger partial charge < -0.3 is 4.52 Å². The summed E-state index contributed by atoms with van der Waals surface area (Å²) < 4.78 is 5.46. The Morgan fingerprint density at radius 3 is 1.75 bits per heavy atom. The molecule has 0 aliphatic rings. The standard InChI is InChI=1S/C14H25NO/c1-12(2,3)11-9-10(15-16-11)14(7,8)13(4,5)6/h9H,1-8H3. The normalized spacial score (nSPS) is 14.2. The van der Waals surface area contributed by atoms with E-state index < -0.39 is 0 Å². The van der Waals surface area contributed by atoms with Crippen LogP contribution in [0.4, 0.5) is 0 Å². The number of hydrogen-bond donors (Lipinski definition) is 0. The summed E-state index contributed by atoms with van der Waals surface area (Å²) >= 11 is 0. The molecule has 0 atom stereocenters. The number of nitrogens with zero attached hydrogens (tertiary/aromatic N) is 1. The highest BCUT2D eigenvalue weighted by atomic mass is 16.5. The zero-order valence-corrected chi connectivity index (χ0v) is 11.9. The van der Waals surface area contributed by atoms with Gasteiger partial charge in [0.1, 0.15) is 5.76 Å². The lowest BCUT2D eigenvalue weighted by Gasteiger charge is -2.36. The molecule has 16 heavy (non-hydrogen) atoms. The first-order chi connectivity index (χ1) is 6.96. The van der Waals surface area contributed by atoms with Crippen LogP contribution in [0.5, 0.6) is 0 Å². The van der Waals surface area contributed by atoms with Gasteiger partial charge in [-0.1, -0.05) is 60.5 Å². The summed E-state index contributed by atoms with van der Waals surface area (Å²) in [5, 5.41) is 4.25. The molecule has 1 rings (SSSR count). The molecule has 0 aliphatic carbocycles. The van der Waals surface area contributed by atoms with E-state index in [4.69, 9.17) is 4.52 Å². The fourth-order valence-electron chi connectivity index (χ4n) is 1.31. The van der Waals surface area contributed by atoms with Crippen LogP contribution < -0.4 is 0 Å². The van der Waals surface area contributed by atoms with E-state index in [0.29, 0.717) is 0 Å². The Kier molecular flexibility index (Phi) is 3.00. The minimum absolute atomic E-state index is 0.0139. The molecular weight excluding hydrogens is 198 g/mol. The minimum Gasteiger partial charge on any atom is -0.361 e. The highest BCUT2D eigenvalue weighted by Crippen LogP contribution is 2.41. The quantitative estimate of drug-likeness (QED) is 0.709. The first kappa shape index (κ1) is 13.3. The van der Waals surface area contributed by atoms with E-state index in [1.807, 2.05) is 0 Å². The average molecular weight is 223 g/mol. The third kappa shape index (κ3) is 2.31. The van der Waals surface area contributed by atoms with Crippen molar-refractivity contribution in [1.29, 1.82) is 0 Å². The van der Waals surface area contributed by atoms with Crippen LogP contribution in [0.2, 0.25) is 0 Å². The van der Waals surface area contributed by atoms with Crippen molar-refractivity contribution in [2.45, 2.75) is 66.2 Å². The summed E-state index contributed by atoms with van der Waals surface area (Å²) in [5.41, 5.74) is 1.25. The minimum atomic E-state index is 0.0139.